The molecule has 0 bridgehead atoms. The van der Waals surface area contributed by atoms with Gasteiger partial charge >= 0.3 is 0 Å². The molecule has 0 saturated carbocycles. The first kappa shape index (κ1) is 62.6. The monoisotopic (exact) mass is 1140 g/mol. The fourth-order valence-corrected chi connectivity index (χ4v) is 11.3. The van der Waals surface area contributed by atoms with Crippen molar-refractivity contribution in [2.75, 3.05) is 31.1 Å². The summed E-state index contributed by atoms with van der Waals surface area (Å²) in [4.78, 5) is 157. The second-order valence-corrected chi connectivity index (χ2v) is 21.4. The van der Waals surface area contributed by atoms with Crippen LogP contribution in [-0.4, -0.2) is 155 Å². The molecule has 11 amide bonds. The molecule has 26 nitrogen and oxygen atoms in total. The van der Waals surface area contributed by atoms with E-state index in [9.17, 15) is 52.7 Å². The smallest absolute Gasteiger partial charge is 0.245 e. The molecule has 0 aromatic heterocycles. The molecule has 2 fully saturated rings. The summed E-state index contributed by atoms with van der Waals surface area (Å²) in [6, 6.07) is 14.2. The topological polar surface area (TPSA) is 444 Å². The van der Waals surface area contributed by atoms with Crippen molar-refractivity contribution in [1.29, 1.82) is 0 Å². The van der Waals surface area contributed by atoms with Crippen molar-refractivity contribution < 1.29 is 52.7 Å². The summed E-state index contributed by atoms with van der Waals surface area (Å²) in [5, 5.41) is 18.3. The number of nitrogens with two attached hydrogens (primary N) is 6. The minimum absolute atomic E-state index is 0.0659. The summed E-state index contributed by atoms with van der Waals surface area (Å²) < 4.78 is 0. The number of nitrogens with zero attached hydrogens (tertiary/aromatic N) is 2. The highest BCUT2D eigenvalue weighted by Gasteiger charge is 2.41. The van der Waals surface area contributed by atoms with Crippen molar-refractivity contribution in [2.24, 2.45) is 39.4 Å². The number of likely N-dealkylation sites (tertiary alicyclic amines) is 1. The zero-order valence-electron chi connectivity index (χ0n) is 43.7. The molecule has 2 aliphatic heterocycles. The van der Waals surface area contributed by atoms with Crippen LogP contribution >= 0.6 is 21.6 Å². The first-order chi connectivity index (χ1) is 38.3. The molecule has 5 rings (SSSR count). The van der Waals surface area contributed by atoms with E-state index in [2.05, 4.69) is 42.2 Å². The molecule has 80 heavy (non-hydrogen) atoms. The van der Waals surface area contributed by atoms with Crippen molar-refractivity contribution in [1.82, 2.24) is 42.1 Å². The molecule has 28 heteroatoms. The molecular formula is C52H69N15O11S2. The van der Waals surface area contributed by atoms with Crippen LogP contribution < -0.4 is 71.6 Å². The SMILES string of the molecule is NCC(=O)N[C@@H](CCCN=C(N)N)C(=O)N1CCC[C@H]1C(=O)N[C@H]1CSSC[C@@H](C(N)=O)NC(=O)[C@H](C(c2ccccc2)c2ccccc2)NC(=O)[C@H](Cc2ccccc2)NC(=O)[C@H](CCC(N)=O)NC(=O)[C@H](CC(N)=O)NC1=O. The standard InChI is InChI=1S/C52H69N15O11S2/c53-26-41(70)60-33(18-10-22-59-52(57)58)51(78)67-23-11-19-38(67)49(76)65-37-28-80-79-27-36(44(56)71)64-50(77)43(42(30-14-6-2-7-15-30)31-16-8-3-9-17-31)66-47(74)34(24-29-12-4-1-5-13-29)62-45(72)32(20-21-39(54)68)61-46(73)35(25-40(55)69)63-48(37)75/h1-9,12-17,32-38,42-43H,10-11,18-28,53H2,(H2,54,68)(H2,55,69)(H2,56,71)(H,60,70)(H,61,73)(H,62,72)(H,63,75)(H,64,77)(H,65,76)(H,66,74)(H4,57,58,59)/t32-,33-,34-,35-,36-,37-,38-,43-/m0/s1. The second-order valence-electron chi connectivity index (χ2n) is 18.9. The van der Waals surface area contributed by atoms with Crippen LogP contribution in [0, 0.1) is 0 Å². The number of guanidine groups is 1. The number of benzene rings is 3. The van der Waals surface area contributed by atoms with Crippen molar-refractivity contribution in [3.8, 4) is 0 Å². The van der Waals surface area contributed by atoms with Crippen LogP contribution in [-0.2, 0) is 59.2 Å². The first-order valence-corrected chi connectivity index (χ1v) is 28.2. The predicted octanol–water partition coefficient (Wildman–Crippen LogP) is -3.52. The zero-order chi connectivity index (χ0) is 58.3. The van der Waals surface area contributed by atoms with Gasteiger partial charge in [0.1, 0.15) is 48.3 Å². The fraction of sp³-hybridized carbons (Fsp3) is 0.423. The van der Waals surface area contributed by atoms with Gasteiger partial charge in [-0.05, 0) is 48.8 Å². The Labute approximate surface area is 469 Å². The molecular weight excluding hydrogens is 1070 g/mol. The van der Waals surface area contributed by atoms with Gasteiger partial charge in [0.05, 0.1) is 13.0 Å². The Morgan fingerprint density at radius 2 is 1.25 bits per heavy atom. The number of primary amides is 3. The summed E-state index contributed by atoms with van der Waals surface area (Å²) in [7, 11) is 1.90. The Kier molecular flexibility index (Phi) is 24.6. The maximum absolute atomic E-state index is 14.9. The minimum Gasteiger partial charge on any atom is -0.370 e. The van der Waals surface area contributed by atoms with Crippen LogP contribution in [0.1, 0.15) is 67.6 Å². The quantitative estimate of drug-likeness (QED) is 0.0226. The van der Waals surface area contributed by atoms with Crippen LogP contribution in [0.5, 0.6) is 0 Å². The van der Waals surface area contributed by atoms with Crippen molar-refractivity contribution in [2.45, 2.75) is 106 Å². The number of rotatable bonds is 20. The molecule has 3 aromatic rings. The summed E-state index contributed by atoms with van der Waals surface area (Å²) in [5.41, 5.74) is 35.1. The highest BCUT2D eigenvalue weighted by atomic mass is 33.1. The van der Waals surface area contributed by atoms with Crippen molar-refractivity contribution in [3.05, 3.63) is 108 Å². The van der Waals surface area contributed by atoms with Gasteiger partial charge < -0.3 is 76.5 Å². The Balaban J connectivity index is 1.56. The summed E-state index contributed by atoms with van der Waals surface area (Å²) >= 11 is 0. The van der Waals surface area contributed by atoms with Gasteiger partial charge in [-0.3, -0.25) is 57.7 Å². The molecule has 0 unspecified atom stereocenters. The summed E-state index contributed by atoms with van der Waals surface area (Å²) in [5.74, 6) is -11.6. The van der Waals surface area contributed by atoms with Gasteiger partial charge in [0.25, 0.3) is 0 Å². The third kappa shape index (κ3) is 19.3. The Hall–Kier alpha value is -8.24. The Morgan fingerprint density at radius 1 is 0.675 bits per heavy atom. The molecule has 0 aliphatic carbocycles. The van der Waals surface area contributed by atoms with E-state index in [0.717, 1.165) is 21.6 Å². The number of nitrogens with one attached hydrogen (secondary N) is 7. The van der Waals surface area contributed by atoms with E-state index in [0.29, 0.717) is 23.1 Å². The van der Waals surface area contributed by atoms with Crippen LogP contribution in [0.3, 0.4) is 0 Å². The average molecular weight is 1140 g/mol. The van der Waals surface area contributed by atoms with E-state index in [4.69, 9.17) is 34.4 Å². The lowest BCUT2D eigenvalue weighted by atomic mass is 9.84. The molecule has 2 saturated heterocycles. The highest BCUT2D eigenvalue weighted by Crippen LogP contribution is 2.30. The highest BCUT2D eigenvalue weighted by molar-refractivity contribution is 8.76. The normalized spacial score (nSPS) is 21.9. The molecule has 2 heterocycles. The number of amides is 11. The molecule has 3 aromatic carbocycles. The maximum atomic E-state index is 14.9. The lowest BCUT2D eigenvalue weighted by Gasteiger charge is -2.32. The van der Waals surface area contributed by atoms with Gasteiger partial charge in [0, 0.05) is 43.4 Å². The van der Waals surface area contributed by atoms with Gasteiger partial charge in [-0.15, -0.1) is 0 Å². The van der Waals surface area contributed by atoms with Gasteiger partial charge in [-0.25, -0.2) is 0 Å². The average Bonchev–Trinajstić information content (AvgIpc) is 3.93. The molecule has 0 spiro atoms. The van der Waals surface area contributed by atoms with Gasteiger partial charge in [0.2, 0.25) is 65.0 Å². The maximum Gasteiger partial charge on any atom is 0.245 e. The van der Waals surface area contributed by atoms with Crippen LogP contribution in [0.25, 0.3) is 0 Å². The third-order valence-electron chi connectivity index (χ3n) is 12.9. The van der Waals surface area contributed by atoms with Gasteiger partial charge in [-0.1, -0.05) is 113 Å². The van der Waals surface area contributed by atoms with E-state index < -0.39 is 145 Å². The first-order valence-electron chi connectivity index (χ1n) is 25.7. The van der Waals surface area contributed by atoms with Gasteiger partial charge in [0.15, 0.2) is 5.96 Å². The third-order valence-corrected chi connectivity index (χ3v) is 15.4. The fourth-order valence-electron chi connectivity index (χ4n) is 8.95. The number of aliphatic imine (C=N–C) groups is 1. The Morgan fingerprint density at radius 3 is 1.84 bits per heavy atom. The molecule has 2 aliphatic rings. The Bertz CT molecular complexity index is 2670. The predicted molar refractivity (Wildman–Crippen MR) is 298 cm³/mol. The summed E-state index contributed by atoms with van der Waals surface area (Å²) in [6.45, 7) is -0.226. The molecule has 0 radical (unpaired) electrons. The lowest BCUT2D eigenvalue weighted by Crippen LogP contribution is -2.61. The molecule has 19 N–H and O–H groups in total. The number of carbonyl (C=O) groups excluding carboxylic acids is 11. The van der Waals surface area contributed by atoms with Crippen molar-refractivity contribution >= 4 is 92.5 Å². The largest absolute Gasteiger partial charge is 0.370 e. The van der Waals surface area contributed by atoms with E-state index in [1.165, 1.54) is 4.90 Å². The zero-order valence-corrected chi connectivity index (χ0v) is 45.3. The van der Waals surface area contributed by atoms with E-state index >= 15 is 0 Å². The molecule has 430 valence electrons. The number of hydrogen-bond acceptors (Lipinski definition) is 15. The number of hydrogen-bond donors (Lipinski definition) is 13. The second kappa shape index (κ2) is 31.4. The van der Waals surface area contributed by atoms with E-state index in [1.807, 2.05) is 0 Å². The summed E-state index contributed by atoms with van der Waals surface area (Å²) in [6.07, 6.45) is -1.12. The van der Waals surface area contributed by atoms with Crippen LogP contribution in [0.15, 0.2) is 96.0 Å². The minimum atomic E-state index is -1.81. The lowest BCUT2D eigenvalue weighted by molar-refractivity contribution is -0.142. The molecule has 8 atom stereocenters. The number of carbonyl (C=O) groups is 11. The van der Waals surface area contributed by atoms with Crippen molar-refractivity contribution in [3.63, 3.8) is 0 Å². The van der Waals surface area contributed by atoms with E-state index in [1.54, 1.807) is 91.0 Å². The van der Waals surface area contributed by atoms with Gasteiger partial charge in [-0.2, -0.15) is 0 Å². The van der Waals surface area contributed by atoms with E-state index in [-0.39, 0.29) is 56.2 Å². The van der Waals surface area contributed by atoms with Crippen LogP contribution in [0.2, 0.25) is 0 Å². The van der Waals surface area contributed by atoms with Crippen LogP contribution in [0.4, 0.5) is 0 Å².